The number of carbonyl (C=O) groups is 1. The van der Waals surface area contributed by atoms with Gasteiger partial charge in [0.25, 0.3) is 11.5 Å². The van der Waals surface area contributed by atoms with Gasteiger partial charge in [-0.15, -0.1) is 5.10 Å². The third-order valence-corrected chi connectivity index (χ3v) is 3.19. The Labute approximate surface area is 138 Å². The number of hydrogen-bond acceptors (Lipinski definition) is 6. The molecular formula is C13H13BrN6O3. The molecule has 1 atom stereocenters. The second kappa shape index (κ2) is 7.49. The Morgan fingerprint density at radius 3 is 2.91 bits per heavy atom. The topological polar surface area (TPSA) is 132 Å². The molecular weight excluding hydrogens is 368 g/mol. The number of nitrogens with zero attached hydrogens (tertiary/aromatic N) is 2. The first-order valence-electron chi connectivity index (χ1n) is 6.50. The number of hydrogen-bond donors (Lipinski definition) is 4. The quantitative estimate of drug-likeness (QED) is 0.433. The highest BCUT2D eigenvalue weighted by Gasteiger charge is 2.14. The standard InChI is InChI=1S/C13H13BrN6O3/c1-7(16-10-12(22)17-13(23)20-18-10)11(21)19-15-6-8-3-2-4-9(14)5-8/h2-7H,1H3,(H,16,18)(H,19,21)(H2,17,20,22,23)/b15-6-/t7-/m0/s1. The minimum Gasteiger partial charge on any atom is -0.353 e. The molecule has 1 aromatic heterocycles. The van der Waals surface area contributed by atoms with Crippen molar-refractivity contribution in [2.24, 2.45) is 5.10 Å². The molecule has 0 radical (unpaired) electrons. The van der Waals surface area contributed by atoms with Gasteiger partial charge in [-0.2, -0.15) is 5.10 Å². The Morgan fingerprint density at radius 1 is 1.43 bits per heavy atom. The van der Waals surface area contributed by atoms with Gasteiger partial charge >= 0.3 is 5.69 Å². The maximum absolute atomic E-state index is 11.9. The fraction of sp³-hybridized carbons (Fsp3) is 0.154. The predicted molar refractivity (Wildman–Crippen MR) is 88.4 cm³/mol. The number of H-pyrrole nitrogens is 2. The molecule has 23 heavy (non-hydrogen) atoms. The largest absolute Gasteiger partial charge is 0.353 e. The summed E-state index contributed by atoms with van der Waals surface area (Å²) in [5, 5.41) is 12.0. The minimum absolute atomic E-state index is 0.164. The summed E-state index contributed by atoms with van der Waals surface area (Å²) in [4.78, 5) is 36.2. The molecule has 0 aliphatic carbocycles. The van der Waals surface area contributed by atoms with Crippen LogP contribution in [0.25, 0.3) is 0 Å². The third-order valence-electron chi connectivity index (χ3n) is 2.69. The summed E-state index contributed by atoms with van der Waals surface area (Å²) in [6.45, 7) is 1.52. The second-order valence-corrected chi connectivity index (χ2v) is 5.43. The van der Waals surface area contributed by atoms with Gasteiger partial charge in [0.1, 0.15) is 6.04 Å². The Kier molecular flexibility index (Phi) is 5.41. The van der Waals surface area contributed by atoms with E-state index >= 15 is 0 Å². The summed E-state index contributed by atoms with van der Waals surface area (Å²) in [6.07, 6.45) is 1.49. The van der Waals surface area contributed by atoms with Gasteiger partial charge in [0.05, 0.1) is 6.21 Å². The van der Waals surface area contributed by atoms with E-state index < -0.39 is 23.2 Å². The molecule has 0 aliphatic heterocycles. The SMILES string of the molecule is C[C@H](Nc1n[nH]c(=O)[nH]c1=O)C(=O)N/N=C\c1cccc(Br)c1. The maximum Gasteiger partial charge on any atom is 0.342 e. The Balaban J connectivity index is 1.95. The molecule has 1 heterocycles. The van der Waals surface area contributed by atoms with Crippen molar-refractivity contribution in [3.8, 4) is 0 Å². The van der Waals surface area contributed by atoms with Crippen LogP contribution in [-0.2, 0) is 4.79 Å². The zero-order valence-corrected chi connectivity index (χ0v) is 13.5. The van der Waals surface area contributed by atoms with Crippen molar-refractivity contribution in [3.63, 3.8) is 0 Å². The van der Waals surface area contributed by atoms with Gasteiger partial charge in [-0.3, -0.25) is 14.6 Å². The van der Waals surface area contributed by atoms with Gasteiger partial charge in [0.2, 0.25) is 5.82 Å². The van der Waals surface area contributed by atoms with Gasteiger partial charge in [-0.05, 0) is 24.6 Å². The molecule has 0 spiro atoms. The van der Waals surface area contributed by atoms with E-state index in [1.807, 2.05) is 29.2 Å². The fourth-order valence-corrected chi connectivity index (χ4v) is 1.99. The van der Waals surface area contributed by atoms with E-state index in [0.717, 1.165) is 10.0 Å². The summed E-state index contributed by atoms with van der Waals surface area (Å²) in [6, 6.07) is 6.59. The smallest absolute Gasteiger partial charge is 0.342 e. The number of rotatable bonds is 5. The van der Waals surface area contributed by atoms with Crippen molar-refractivity contribution < 1.29 is 4.79 Å². The van der Waals surface area contributed by atoms with Gasteiger partial charge < -0.3 is 5.32 Å². The van der Waals surface area contributed by atoms with Crippen LogP contribution in [0.3, 0.4) is 0 Å². The third kappa shape index (κ3) is 4.88. The number of carbonyl (C=O) groups excluding carboxylic acids is 1. The molecule has 9 nitrogen and oxygen atoms in total. The Hall–Kier alpha value is -2.75. The van der Waals surface area contributed by atoms with E-state index in [-0.39, 0.29) is 5.82 Å². The second-order valence-electron chi connectivity index (χ2n) is 4.51. The van der Waals surface area contributed by atoms with Gasteiger partial charge in [-0.25, -0.2) is 15.3 Å². The molecule has 0 saturated heterocycles. The minimum atomic E-state index is -0.783. The number of benzene rings is 1. The lowest BCUT2D eigenvalue weighted by atomic mass is 10.2. The van der Waals surface area contributed by atoms with E-state index in [2.05, 4.69) is 42.0 Å². The molecule has 0 fully saturated rings. The molecule has 2 aromatic rings. The molecule has 120 valence electrons. The van der Waals surface area contributed by atoms with Crippen molar-refractivity contribution >= 4 is 33.9 Å². The molecule has 1 aromatic carbocycles. The summed E-state index contributed by atoms with van der Waals surface area (Å²) >= 11 is 3.33. The summed E-state index contributed by atoms with van der Waals surface area (Å²) in [5.41, 5.74) is 1.70. The van der Waals surface area contributed by atoms with Gasteiger partial charge in [-0.1, -0.05) is 28.1 Å². The first-order chi connectivity index (χ1) is 11.0. The normalized spacial score (nSPS) is 12.1. The molecule has 2 rings (SSSR count). The summed E-state index contributed by atoms with van der Waals surface area (Å²) in [5.74, 6) is -0.633. The lowest BCUT2D eigenvalue weighted by Crippen LogP contribution is -2.38. The van der Waals surface area contributed by atoms with E-state index in [9.17, 15) is 14.4 Å². The molecule has 10 heteroatoms. The van der Waals surface area contributed by atoms with Crippen molar-refractivity contribution in [1.82, 2.24) is 20.6 Å². The van der Waals surface area contributed by atoms with Crippen LogP contribution < -0.4 is 22.0 Å². The molecule has 0 saturated carbocycles. The van der Waals surface area contributed by atoms with Crippen molar-refractivity contribution in [2.75, 3.05) is 5.32 Å². The highest BCUT2D eigenvalue weighted by molar-refractivity contribution is 9.10. The molecule has 4 N–H and O–H groups in total. The van der Waals surface area contributed by atoms with Crippen LogP contribution >= 0.6 is 15.9 Å². The van der Waals surface area contributed by atoms with Crippen LogP contribution in [-0.4, -0.2) is 33.3 Å². The van der Waals surface area contributed by atoms with Crippen molar-refractivity contribution in [2.45, 2.75) is 13.0 Å². The molecule has 1 amide bonds. The number of anilines is 1. The monoisotopic (exact) mass is 380 g/mol. The molecule has 0 aliphatic rings. The number of hydrazone groups is 1. The van der Waals surface area contributed by atoms with Crippen LogP contribution in [0.2, 0.25) is 0 Å². The number of amides is 1. The molecule has 0 unspecified atom stereocenters. The predicted octanol–water partition coefficient (Wildman–Crippen LogP) is 0.171. The summed E-state index contributed by atoms with van der Waals surface area (Å²) in [7, 11) is 0. The van der Waals surface area contributed by atoms with Crippen molar-refractivity contribution in [1.29, 1.82) is 0 Å². The average molecular weight is 381 g/mol. The van der Waals surface area contributed by atoms with E-state index in [1.54, 1.807) is 0 Å². The average Bonchev–Trinajstić information content (AvgIpc) is 2.50. The van der Waals surface area contributed by atoms with E-state index in [4.69, 9.17) is 0 Å². The van der Waals surface area contributed by atoms with Crippen LogP contribution in [0.4, 0.5) is 5.82 Å². The zero-order valence-electron chi connectivity index (χ0n) is 12.0. The lowest BCUT2D eigenvalue weighted by molar-refractivity contribution is -0.121. The Morgan fingerprint density at radius 2 is 2.22 bits per heavy atom. The zero-order chi connectivity index (χ0) is 16.8. The highest BCUT2D eigenvalue weighted by Crippen LogP contribution is 2.09. The van der Waals surface area contributed by atoms with Crippen LogP contribution in [0.1, 0.15) is 12.5 Å². The number of halogens is 1. The van der Waals surface area contributed by atoms with E-state index in [0.29, 0.717) is 0 Å². The van der Waals surface area contributed by atoms with Crippen LogP contribution in [0.15, 0.2) is 43.4 Å². The van der Waals surface area contributed by atoms with Gasteiger partial charge in [0.15, 0.2) is 0 Å². The van der Waals surface area contributed by atoms with Crippen LogP contribution in [0, 0.1) is 0 Å². The highest BCUT2D eigenvalue weighted by atomic mass is 79.9. The first-order valence-corrected chi connectivity index (χ1v) is 7.29. The van der Waals surface area contributed by atoms with Crippen LogP contribution in [0.5, 0.6) is 0 Å². The van der Waals surface area contributed by atoms with Crippen molar-refractivity contribution in [3.05, 3.63) is 55.1 Å². The number of aromatic amines is 2. The number of nitrogens with one attached hydrogen (secondary N) is 4. The Bertz CT molecular complexity index is 844. The fourth-order valence-electron chi connectivity index (χ4n) is 1.57. The van der Waals surface area contributed by atoms with Gasteiger partial charge in [0, 0.05) is 4.47 Å². The first kappa shape index (κ1) is 16.6. The van der Waals surface area contributed by atoms with E-state index in [1.165, 1.54) is 13.1 Å². The molecule has 0 bridgehead atoms. The maximum atomic E-state index is 11.9. The lowest BCUT2D eigenvalue weighted by Gasteiger charge is -2.11. The number of aromatic nitrogens is 3. The summed E-state index contributed by atoms with van der Waals surface area (Å²) < 4.78 is 0.895.